The van der Waals surface area contributed by atoms with Crippen LogP contribution in [0.5, 0.6) is 0 Å². The number of hydrogen-bond acceptors (Lipinski definition) is 3. The number of aliphatic carboxylic acids is 2. The van der Waals surface area contributed by atoms with E-state index in [1.807, 2.05) is 12.5 Å². The van der Waals surface area contributed by atoms with E-state index >= 15 is 0 Å². The fraction of sp³-hybridized carbons (Fsp3) is 0.188. The summed E-state index contributed by atoms with van der Waals surface area (Å²) in [6.45, 7) is 5.18. The minimum Gasteiger partial charge on any atom is -0.478 e. The molecular formula is C16H18N2O4. The van der Waals surface area contributed by atoms with Gasteiger partial charge in [-0.3, -0.25) is 0 Å². The van der Waals surface area contributed by atoms with Crippen LogP contribution in [0.2, 0.25) is 0 Å². The van der Waals surface area contributed by atoms with Gasteiger partial charge in [-0.1, -0.05) is 18.2 Å². The average molecular weight is 302 g/mol. The summed E-state index contributed by atoms with van der Waals surface area (Å²) >= 11 is 0. The normalized spacial score (nSPS) is 10.1. The largest absolute Gasteiger partial charge is 0.478 e. The van der Waals surface area contributed by atoms with Gasteiger partial charge in [0.25, 0.3) is 0 Å². The lowest BCUT2D eigenvalue weighted by atomic mass is 10.1. The molecule has 6 heteroatoms. The monoisotopic (exact) mass is 302 g/mol. The summed E-state index contributed by atoms with van der Waals surface area (Å²) in [6.07, 6.45) is 6.75. The van der Waals surface area contributed by atoms with Crippen molar-refractivity contribution < 1.29 is 19.8 Å². The summed E-state index contributed by atoms with van der Waals surface area (Å²) in [5, 5.41) is 15.6. The van der Waals surface area contributed by atoms with Crippen molar-refractivity contribution in [1.82, 2.24) is 9.55 Å². The van der Waals surface area contributed by atoms with Gasteiger partial charge in [-0.25, -0.2) is 14.6 Å². The molecular weight excluding hydrogens is 284 g/mol. The van der Waals surface area contributed by atoms with Crippen molar-refractivity contribution in [2.45, 2.75) is 20.4 Å². The van der Waals surface area contributed by atoms with Gasteiger partial charge in [0, 0.05) is 31.1 Å². The number of benzene rings is 1. The van der Waals surface area contributed by atoms with Crippen molar-refractivity contribution >= 4 is 11.9 Å². The maximum absolute atomic E-state index is 9.55. The van der Waals surface area contributed by atoms with Crippen molar-refractivity contribution in [3.05, 3.63) is 65.8 Å². The summed E-state index contributed by atoms with van der Waals surface area (Å²) in [5.74, 6) is -2.51. The van der Waals surface area contributed by atoms with Gasteiger partial charge in [0.1, 0.15) is 0 Å². The zero-order valence-corrected chi connectivity index (χ0v) is 12.4. The third kappa shape index (κ3) is 6.51. The molecule has 0 fully saturated rings. The number of rotatable bonds is 4. The summed E-state index contributed by atoms with van der Waals surface area (Å²) in [4.78, 5) is 23.1. The van der Waals surface area contributed by atoms with E-state index in [1.54, 1.807) is 6.20 Å². The molecule has 0 aliphatic rings. The Morgan fingerprint density at radius 1 is 1.14 bits per heavy atom. The van der Waals surface area contributed by atoms with Gasteiger partial charge in [-0.15, -0.1) is 0 Å². The SMILES string of the molecule is Cc1ccc(Cn2ccnc2)cc1C.O=C(O)/C=C/C(=O)O. The molecule has 2 aromatic rings. The number of carboxylic acids is 2. The van der Waals surface area contributed by atoms with E-state index in [9.17, 15) is 9.59 Å². The molecule has 0 atom stereocenters. The third-order valence-electron chi connectivity index (χ3n) is 2.86. The molecule has 0 radical (unpaired) electrons. The first-order valence-corrected chi connectivity index (χ1v) is 6.54. The fourth-order valence-corrected chi connectivity index (χ4v) is 1.64. The maximum Gasteiger partial charge on any atom is 0.328 e. The Morgan fingerprint density at radius 3 is 2.23 bits per heavy atom. The number of carbonyl (C=O) groups is 2. The predicted octanol–water partition coefficient (Wildman–Crippen LogP) is 2.26. The molecule has 0 amide bonds. The van der Waals surface area contributed by atoms with E-state index in [-0.39, 0.29) is 0 Å². The van der Waals surface area contributed by atoms with Crippen molar-refractivity contribution in [3.8, 4) is 0 Å². The molecule has 0 unspecified atom stereocenters. The molecule has 0 spiro atoms. The van der Waals surface area contributed by atoms with E-state index in [1.165, 1.54) is 16.7 Å². The van der Waals surface area contributed by atoms with Gasteiger partial charge in [-0.05, 0) is 30.5 Å². The first-order chi connectivity index (χ1) is 10.4. The Hall–Kier alpha value is -2.89. The van der Waals surface area contributed by atoms with Gasteiger partial charge < -0.3 is 14.8 Å². The molecule has 22 heavy (non-hydrogen) atoms. The number of aromatic nitrogens is 2. The van der Waals surface area contributed by atoms with Crippen LogP contribution >= 0.6 is 0 Å². The van der Waals surface area contributed by atoms with Crippen LogP contribution < -0.4 is 0 Å². The molecule has 1 aromatic heterocycles. The van der Waals surface area contributed by atoms with Crippen LogP contribution in [0.4, 0.5) is 0 Å². The number of hydrogen-bond donors (Lipinski definition) is 2. The molecule has 6 nitrogen and oxygen atoms in total. The van der Waals surface area contributed by atoms with Crippen LogP contribution in [0, 0.1) is 13.8 Å². The zero-order valence-electron chi connectivity index (χ0n) is 12.4. The Balaban J connectivity index is 0.000000261. The van der Waals surface area contributed by atoms with Crippen molar-refractivity contribution in [2.75, 3.05) is 0 Å². The Morgan fingerprint density at radius 2 is 1.77 bits per heavy atom. The van der Waals surface area contributed by atoms with Crippen molar-refractivity contribution in [1.29, 1.82) is 0 Å². The molecule has 0 aliphatic carbocycles. The quantitative estimate of drug-likeness (QED) is 0.845. The van der Waals surface area contributed by atoms with Gasteiger partial charge in [0.15, 0.2) is 0 Å². The molecule has 1 aromatic carbocycles. The van der Waals surface area contributed by atoms with E-state index in [0.29, 0.717) is 12.2 Å². The smallest absolute Gasteiger partial charge is 0.328 e. The van der Waals surface area contributed by atoms with Crippen LogP contribution in [-0.2, 0) is 16.1 Å². The summed E-state index contributed by atoms with van der Waals surface area (Å²) in [6, 6.07) is 6.57. The van der Waals surface area contributed by atoms with Gasteiger partial charge >= 0.3 is 11.9 Å². The average Bonchev–Trinajstić information content (AvgIpc) is 2.94. The second-order valence-electron chi connectivity index (χ2n) is 4.66. The first kappa shape index (κ1) is 17.2. The lowest BCUT2D eigenvalue weighted by molar-refractivity contribution is -0.134. The van der Waals surface area contributed by atoms with Crippen molar-refractivity contribution in [3.63, 3.8) is 0 Å². The van der Waals surface area contributed by atoms with Gasteiger partial charge in [-0.2, -0.15) is 0 Å². The summed E-state index contributed by atoms with van der Waals surface area (Å²) in [5.41, 5.74) is 4.02. The van der Waals surface area contributed by atoms with Crippen LogP contribution in [0.3, 0.4) is 0 Å². The molecule has 0 aliphatic heterocycles. The lowest BCUT2D eigenvalue weighted by Gasteiger charge is -2.05. The zero-order chi connectivity index (χ0) is 16.5. The number of imidazole rings is 1. The molecule has 116 valence electrons. The predicted molar refractivity (Wildman–Crippen MR) is 81.7 cm³/mol. The van der Waals surface area contributed by atoms with Gasteiger partial charge in [0.2, 0.25) is 0 Å². The van der Waals surface area contributed by atoms with Gasteiger partial charge in [0.05, 0.1) is 6.33 Å². The highest BCUT2D eigenvalue weighted by atomic mass is 16.4. The second kappa shape index (κ2) is 8.41. The third-order valence-corrected chi connectivity index (χ3v) is 2.86. The molecule has 0 saturated carbocycles. The van der Waals surface area contributed by atoms with Crippen molar-refractivity contribution in [2.24, 2.45) is 0 Å². The van der Waals surface area contributed by atoms with E-state index in [0.717, 1.165) is 6.54 Å². The molecule has 0 saturated heterocycles. The van der Waals surface area contributed by atoms with Crippen LogP contribution in [-0.4, -0.2) is 31.7 Å². The molecule has 1 heterocycles. The topological polar surface area (TPSA) is 92.4 Å². The summed E-state index contributed by atoms with van der Waals surface area (Å²) in [7, 11) is 0. The highest BCUT2D eigenvalue weighted by Crippen LogP contribution is 2.10. The Labute approximate surface area is 128 Å². The molecule has 2 N–H and O–H groups in total. The molecule has 0 bridgehead atoms. The lowest BCUT2D eigenvalue weighted by Crippen LogP contribution is -1.97. The number of carboxylic acid groups (broad SMARTS) is 2. The fourth-order valence-electron chi connectivity index (χ4n) is 1.64. The minimum absolute atomic E-state index is 0.558. The Bertz CT molecular complexity index is 645. The van der Waals surface area contributed by atoms with Crippen LogP contribution in [0.15, 0.2) is 49.1 Å². The summed E-state index contributed by atoms with van der Waals surface area (Å²) < 4.78 is 2.07. The Kier molecular flexibility index (Phi) is 6.56. The van der Waals surface area contributed by atoms with E-state index in [2.05, 4.69) is 41.6 Å². The molecule has 2 rings (SSSR count). The maximum atomic E-state index is 9.55. The van der Waals surface area contributed by atoms with Crippen LogP contribution in [0.25, 0.3) is 0 Å². The minimum atomic E-state index is -1.26. The van der Waals surface area contributed by atoms with E-state index in [4.69, 9.17) is 10.2 Å². The number of nitrogens with zero attached hydrogens (tertiary/aromatic N) is 2. The highest BCUT2D eigenvalue weighted by molar-refractivity contribution is 5.89. The first-order valence-electron chi connectivity index (χ1n) is 6.54. The second-order valence-corrected chi connectivity index (χ2v) is 4.66. The van der Waals surface area contributed by atoms with E-state index < -0.39 is 11.9 Å². The van der Waals surface area contributed by atoms with Crippen LogP contribution in [0.1, 0.15) is 16.7 Å². The highest BCUT2D eigenvalue weighted by Gasteiger charge is 1.97. The standard InChI is InChI=1S/C12H14N2.C4H4O4/c1-10-3-4-12(7-11(10)2)8-14-6-5-13-9-14;5-3(6)1-2-4(7)8/h3-7,9H,8H2,1-2H3;1-2H,(H,5,6)(H,7,8)/b;2-1+. The number of aryl methyl sites for hydroxylation is 2.